The molecular formula is C14H21N3OS. The summed E-state index contributed by atoms with van der Waals surface area (Å²) < 4.78 is 0. The monoisotopic (exact) mass is 279 g/mol. The number of carbonyl (C=O) groups excluding carboxylic acids is 1. The lowest BCUT2D eigenvalue weighted by molar-refractivity contribution is 0.100. The van der Waals surface area contributed by atoms with E-state index in [9.17, 15) is 4.79 Å². The van der Waals surface area contributed by atoms with Crippen molar-refractivity contribution in [2.24, 2.45) is 23.5 Å². The molecule has 4 atom stereocenters. The number of fused-ring (bicyclic) bond motifs is 2. The van der Waals surface area contributed by atoms with E-state index in [2.05, 4.69) is 12.2 Å². The van der Waals surface area contributed by atoms with Crippen molar-refractivity contribution in [2.75, 3.05) is 11.1 Å². The van der Waals surface area contributed by atoms with Gasteiger partial charge in [0, 0.05) is 6.04 Å². The number of nitrogen functional groups attached to an aromatic ring is 1. The molecule has 1 heterocycles. The lowest BCUT2D eigenvalue weighted by Gasteiger charge is -2.28. The van der Waals surface area contributed by atoms with Crippen LogP contribution >= 0.6 is 11.3 Å². The highest BCUT2D eigenvalue weighted by atomic mass is 32.1. The van der Waals surface area contributed by atoms with Gasteiger partial charge in [0.2, 0.25) is 0 Å². The highest BCUT2D eigenvalue weighted by Crippen LogP contribution is 2.50. The molecule has 4 nitrogen and oxygen atoms in total. The molecule has 1 amide bonds. The normalized spacial score (nSPS) is 30.5. The quantitative estimate of drug-likeness (QED) is 0.792. The van der Waals surface area contributed by atoms with Gasteiger partial charge in [0.1, 0.15) is 4.88 Å². The van der Waals surface area contributed by atoms with Crippen molar-refractivity contribution in [3.05, 3.63) is 10.9 Å². The first-order chi connectivity index (χ1) is 9.04. The van der Waals surface area contributed by atoms with Crippen LogP contribution in [0.2, 0.25) is 0 Å². The van der Waals surface area contributed by atoms with Gasteiger partial charge < -0.3 is 16.8 Å². The van der Waals surface area contributed by atoms with E-state index in [1.165, 1.54) is 37.0 Å². The second kappa shape index (κ2) is 4.71. The molecule has 2 bridgehead atoms. The van der Waals surface area contributed by atoms with Gasteiger partial charge in [0.25, 0.3) is 5.91 Å². The van der Waals surface area contributed by atoms with Crippen LogP contribution in [0.5, 0.6) is 0 Å². The van der Waals surface area contributed by atoms with E-state index < -0.39 is 5.91 Å². The fourth-order valence-electron chi connectivity index (χ4n) is 3.91. The van der Waals surface area contributed by atoms with Gasteiger partial charge in [0.15, 0.2) is 0 Å². The van der Waals surface area contributed by atoms with E-state index in [0.29, 0.717) is 16.6 Å². The predicted octanol–water partition coefficient (Wildman–Crippen LogP) is 2.67. The van der Waals surface area contributed by atoms with Crippen LogP contribution in [0.4, 0.5) is 10.7 Å². The number of hydrogen-bond acceptors (Lipinski definition) is 4. The lowest BCUT2D eigenvalue weighted by atomic mass is 9.84. The van der Waals surface area contributed by atoms with Crippen molar-refractivity contribution >= 4 is 27.9 Å². The Kier molecular flexibility index (Phi) is 3.17. The molecule has 1 aromatic heterocycles. The molecule has 0 radical (unpaired) electrons. The Balaban J connectivity index is 1.68. The first kappa shape index (κ1) is 12.8. The average Bonchev–Trinajstić information content (AvgIpc) is 3.03. The summed E-state index contributed by atoms with van der Waals surface area (Å²) in [6, 6.07) is 2.27. The van der Waals surface area contributed by atoms with E-state index in [1.807, 2.05) is 6.07 Å². The number of nitrogens with one attached hydrogen (secondary N) is 1. The Hall–Kier alpha value is -1.23. The standard InChI is InChI=1S/C14H21N3OS/c1-7(10-5-8-2-3-9(10)4-8)17-12-6-11(15)13(19-12)14(16)18/h6-10,17H,2-5,15H2,1H3,(H2,16,18). The van der Waals surface area contributed by atoms with Crippen LogP contribution in [0, 0.1) is 17.8 Å². The Morgan fingerprint density at radius 1 is 1.47 bits per heavy atom. The van der Waals surface area contributed by atoms with E-state index in [0.717, 1.165) is 22.8 Å². The van der Waals surface area contributed by atoms with Gasteiger partial charge in [-0.1, -0.05) is 6.42 Å². The molecule has 2 saturated carbocycles. The number of hydrogen-bond donors (Lipinski definition) is 3. The van der Waals surface area contributed by atoms with Crippen molar-refractivity contribution < 1.29 is 4.79 Å². The minimum Gasteiger partial charge on any atom is -0.397 e. The summed E-state index contributed by atoms with van der Waals surface area (Å²) in [5.41, 5.74) is 11.6. The van der Waals surface area contributed by atoms with E-state index >= 15 is 0 Å². The maximum absolute atomic E-state index is 11.2. The summed E-state index contributed by atoms with van der Waals surface area (Å²) in [6.45, 7) is 2.24. The zero-order valence-electron chi connectivity index (χ0n) is 11.2. The molecule has 0 saturated heterocycles. The minimum absolute atomic E-state index is 0.439. The van der Waals surface area contributed by atoms with E-state index in [-0.39, 0.29) is 0 Å². The number of nitrogens with two attached hydrogens (primary N) is 2. The van der Waals surface area contributed by atoms with Crippen molar-refractivity contribution in [1.29, 1.82) is 0 Å². The van der Waals surface area contributed by atoms with Crippen LogP contribution in [0.3, 0.4) is 0 Å². The molecule has 0 aromatic carbocycles. The van der Waals surface area contributed by atoms with Crippen LogP contribution in [0.1, 0.15) is 42.3 Å². The van der Waals surface area contributed by atoms with Gasteiger partial charge in [-0.25, -0.2) is 0 Å². The van der Waals surface area contributed by atoms with E-state index in [1.54, 1.807) is 0 Å². The number of anilines is 2. The Morgan fingerprint density at radius 3 is 2.79 bits per heavy atom. The number of primary amides is 1. The fraction of sp³-hybridized carbons (Fsp3) is 0.643. The highest BCUT2D eigenvalue weighted by molar-refractivity contribution is 7.18. The molecule has 0 aliphatic heterocycles. The Labute approximate surface area is 117 Å². The molecule has 4 unspecified atom stereocenters. The van der Waals surface area contributed by atoms with Crippen LogP contribution in [0.15, 0.2) is 6.07 Å². The highest BCUT2D eigenvalue weighted by Gasteiger charge is 2.41. The second-order valence-electron chi connectivity index (χ2n) is 6.03. The fourth-order valence-corrected chi connectivity index (χ4v) is 4.83. The van der Waals surface area contributed by atoms with Gasteiger partial charge >= 0.3 is 0 Å². The maximum atomic E-state index is 11.2. The van der Waals surface area contributed by atoms with Gasteiger partial charge in [-0.3, -0.25) is 4.79 Å². The molecule has 0 spiro atoms. The van der Waals surface area contributed by atoms with Crippen molar-refractivity contribution in [3.63, 3.8) is 0 Å². The second-order valence-corrected chi connectivity index (χ2v) is 7.08. The molecule has 1 aromatic rings. The summed E-state index contributed by atoms with van der Waals surface area (Å²) in [5, 5.41) is 4.48. The van der Waals surface area contributed by atoms with Crippen LogP contribution in [0.25, 0.3) is 0 Å². The van der Waals surface area contributed by atoms with Crippen molar-refractivity contribution in [3.8, 4) is 0 Å². The first-order valence-corrected chi connectivity index (χ1v) is 7.82. The number of rotatable bonds is 4. The largest absolute Gasteiger partial charge is 0.397 e. The zero-order valence-corrected chi connectivity index (χ0v) is 12.0. The maximum Gasteiger partial charge on any atom is 0.260 e. The molecular weight excluding hydrogens is 258 g/mol. The van der Waals surface area contributed by atoms with Crippen molar-refractivity contribution in [2.45, 2.75) is 38.6 Å². The summed E-state index contributed by atoms with van der Waals surface area (Å²) >= 11 is 1.36. The Morgan fingerprint density at radius 2 is 2.26 bits per heavy atom. The van der Waals surface area contributed by atoms with Crippen molar-refractivity contribution in [1.82, 2.24) is 0 Å². The molecule has 5 heteroatoms. The molecule has 2 aliphatic rings. The summed E-state index contributed by atoms with van der Waals surface area (Å²) in [7, 11) is 0. The number of thiophene rings is 1. The van der Waals surface area contributed by atoms with Crippen LogP contribution in [-0.4, -0.2) is 11.9 Å². The number of carbonyl (C=O) groups is 1. The first-order valence-electron chi connectivity index (χ1n) is 7.00. The summed E-state index contributed by atoms with van der Waals surface area (Å²) in [6.07, 6.45) is 5.57. The third-order valence-corrected chi connectivity index (χ3v) is 5.89. The third kappa shape index (κ3) is 2.31. The van der Waals surface area contributed by atoms with Gasteiger partial charge in [-0.15, -0.1) is 11.3 Å². The topological polar surface area (TPSA) is 81.1 Å². The number of amides is 1. The third-order valence-electron chi connectivity index (χ3n) is 4.79. The predicted molar refractivity (Wildman–Crippen MR) is 79.3 cm³/mol. The molecule has 3 rings (SSSR count). The molecule has 19 heavy (non-hydrogen) atoms. The minimum atomic E-state index is -0.442. The van der Waals surface area contributed by atoms with Gasteiger partial charge in [0.05, 0.1) is 10.7 Å². The van der Waals surface area contributed by atoms with Gasteiger partial charge in [-0.2, -0.15) is 0 Å². The smallest absolute Gasteiger partial charge is 0.260 e. The molecule has 2 fully saturated rings. The molecule has 2 aliphatic carbocycles. The Bertz CT molecular complexity index is 499. The zero-order chi connectivity index (χ0) is 13.6. The molecule has 104 valence electrons. The SMILES string of the molecule is CC(Nc1cc(N)c(C(N)=O)s1)C1CC2CCC1C2. The van der Waals surface area contributed by atoms with Crippen LogP contribution < -0.4 is 16.8 Å². The average molecular weight is 279 g/mol. The summed E-state index contributed by atoms with van der Waals surface area (Å²) in [4.78, 5) is 11.7. The summed E-state index contributed by atoms with van der Waals surface area (Å²) in [5.74, 6) is 2.16. The van der Waals surface area contributed by atoms with Crippen LogP contribution in [-0.2, 0) is 0 Å². The van der Waals surface area contributed by atoms with E-state index in [4.69, 9.17) is 11.5 Å². The van der Waals surface area contributed by atoms with Gasteiger partial charge in [-0.05, 0) is 50.0 Å². The lowest BCUT2D eigenvalue weighted by Crippen LogP contribution is -2.29. The molecule has 5 N–H and O–H groups in total.